The van der Waals surface area contributed by atoms with Gasteiger partial charge in [-0.05, 0) is 55.0 Å². The zero-order valence-electron chi connectivity index (χ0n) is 11.1. The molecular weight excluding hydrogens is 210 g/mol. The molecule has 1 unspecified atom stereocenters. The van der Waals surface area contributed by atoms with Crippen molar-refractivity contribution in [2.45, 2.75) is 39.2 Å². The third-order valence-electron chi connectivity index (χ3n) is 3.55. The molecule has 0 saturated heterocycles. The average Bonchev–Trinajstić information content (AvgIpc) is 2.35. The van der Waals surface area contributed by atoms with Crippen LogP contribution in [-0.2, 0) is 6.42 Å². The van der Waals surface area contributed by atoms with Crippen LogP contribution in [0, 0.1) is 5.92 Å². The van der Waals surface area contributed by atoms with Crippen LogP contribution in [0.2, 0.25) is 0 Å². The van der Waals surface area contributed by atoms with Crippen LogP contribution >= 0.6 is 0 Å². The van der Waals surface area contributed by atoms with Gasteiger partial charge in [0.15, 0.2) is 0 Å². The molecule has 1 aromatic carbocycles. The van der Waals surface area contributed by atoms with Crippen LogP contribution in [0.3, 0.4) is 0 Å². The van der Waals surface area contributed by atoms with Gasteiger partial charge in [-0.2, -0.15) is 0 Å². The summed E-state index contributed by atoms with van der Waals surface area (Å²) in [7, 11) is 1.74. The molecule has 0 radical (unpaired) electrons. The van der Waals surface area contributed by atoms with Gasteiger partial charge in [0.1, 0.15) is 5.75 Å². The van der Waals surface area contributed by atoms with Crippen LogP contribution < -0.4 is 10.1 Å². The molecule has 1 aromatic rings. The predicted molar refractivity (Wildman–Crippen MR) is 71.5 cm³/mol. The molecule has 0 spiro atoms. The molecule has 17 heavy (non-hydrogen) atoms. The van der Waals surface area contributed by atoms with Crippen molar-refractivity contribution in [3.05, 3.63) is 29.3 Å². The second kappa shape index (κ2) is 5.54. The lowest BCUT2D eigenvalue weighted by atomic mass is 9.90. The van der Waals surface area contributed by atoms with Crippen molar-refractivity contribution in [2.24, 2.45) is 5.92 Å². The number of rotatable bonds is 4. The van der Waals surface area contributed by atoms with Gasteiger partial charge in [-0.25, -0.2) is 0 Å². The van der Waals surface area contributed by atoms with Crippen LogP contribution in [-0.4, -0.2) is 13.7 Å². The lowest BCUT2D eigenvalue weighted by molar-refractivity contribution is 0.403. The Morgan fingerprint density at radius 2 is 2.24 bits per heavy atom. The molecule has 0 fully saturated rings. The highest BCUT2D eigenvalue weighted by Crippen LogP contribution is 2.30. The smallest absolute Gasteiger partial charge is 0.119 e. The van der Waals surface area contributed by atoms with Crippen LogP contribution in [0.1, 0.15) is 43.9 Å². The lowest BCUT2D eigenvalue weighted by Crippen LogP contribution is -2.30. The van der Waals surface area contributed by atoms with Gasteiger partial charge < -0.3 is 10.1 Å². The number of hydrogen-bond donors (Lipinski definition) is 1. The summed E-state index contributed by atoms with van der Waals surface area (Å²) in [6.45, 7) is 5.67. The van der Waals surface area contributed by atoms with Crippen molar-refractivity contribution in [3.8, 4) is 5.75 Å². The monoisotopic (exact) mass is 233 g/mol. The van der Waals surface area contributed by atoms with E-state index in [2.05, 4.69) is 37.4 Å². The van der Waals surface area contributed by atoms with Crippen molar-refractivity contribution < 1.29 is 4.74 Å². The zero-order valence-corrected chi connectivity index (χ0v) is 11.1. The summed E-state index contributed by atoms with van der Waals surface area (Å²) in [6.07, 6.45) is 3.63. The summed E-state index contributed by atoms with van der Waals surface area (Å²) in [6, 6.07) is 7.00. The molecule has 0 saturated carbocycles. The topological polar surface area (TPSA) is 21.3 Å². The average molecular weight is 233 g/mol. The second-order valence-electron chi connectivity index (χ2n) is 5.29. The number of fused-ring (bicyclic) bond motifs is 1. The Hall–Kier alpha value is -1.02. The van der Waals surface area contributed by atoms with Gasteiger partial charge in [-0.1, -0.05) is 19.9 Å². The number of nitrogens with one attached hydrogen (secondary N) is 1. The van der Waals surface area contributed by atoms with Gasteiger partial charge in [-0.3, -0.25) is 0 Å². The van der Waals surface area contributed by atoms with E-state index in [1.54, 1.807) is 7.11 Å². The summed E-state index contributed by atoms with van der Waals surface area (Å²) in [5.74, 6) is 1.75. The molecule has 1 aliphatic rings. The number of benzene rings is 1. The summed E-state index contributed by atoms with van der Waals surface area (Å²) in [5, 5.41) is 3.63. The van der Waals surface area contributed by atoms with E-state index >= 15 is 0 Å². The van der Waals surface area contributed by atoms with E-state index in [0.717, 1.165) is 24.6 Å². The molecule has 0 amide bonds. The second-order valence-corrected chi connectivity index (χ2v) is 5.29. The minimum atomic E-state index is 0.510. The summed E-state index contributed by atoms with van der Waals surface area (Å²) in [5.41, 5.74) is 2.93. The van der Waals surface area contributed by atoms with E-state index in [1.165, 1.54) is 24.0 Å². The van der Waals surface area contributed by atoms with Gasteiger partial charge in [0.25, 0.3) is 0 Å². The van der Waals surface area contributed by atoms with Crippen molar-refractivity contribution in [1.82, 2.24) is 5.32 Å². The standard InChI is InChI=1S/C15H23NO/c1-11(2)4-7-15-14-10-13(17-3)6-5-12(14)8-9-16-15/h5-6,10-11,15-16H,4,7-9H2,1-3H3. The Morgan fingerprint density at radius 3 is 2.94 bits per heavy atom. The molecule has 2 rings (SSSR count). The van der Waals surface area contributed by atoms with Gasteiger partial charge in [0, 0.05) is 6.04 Å². The minimum absolute atomic E-state index is 0.510. The highest BCUT2D eigenvalue weighted by Gasteiger charge is 2.20. The molecule has 2 heteroatoms. The van der Waals surface area contributed by atoms with E-state index in [9.17, 15) is 0 Å². The van der Waals surface area contributed by atoms with Crippen LogP contribution in [0.5, 0.6) is 5.75 Å². The van der Waals surface area contributed by atoms with Crippen molar-refractivity contribution in [1.29, 1.82) is 0 Å². The molecule has 2 nitrogen and oxygen atoms in total. The van der Waals surface area contributed by atoms with E-state index in [-0.39, 0.29) is 0 Å². The summed E-state index contributed by atoms with van der Waals surface area (Å²) >= 11 is 0. The Bertz CT molecular complexity index is 373. The highest BCUT2D eigenvalue weighted by molar-refractivity contribution is 5.39. The molecule has 1 aliphatic heterocycles. The lowest BCUT2D eigenvalue weighted by Gasteiger charge is -2.28. The van der Waals surface area contributed by atoms with E-state index in [1.807, 2.05) is 0 Å². The van der Waals surface area contributed by atoms with Crippen LogP contribution in [0.15, 0.2) is 18.2 Å². The first kappa shape index (κ1) is 12.4. The van der Waals surface area contributed by atoms with E-state index in [0.29, 0.717) is 6.04 Å². The molecule has 94 valence electrons. The first-order chi connectivity index (χ1) is 8.20. The van der Waals surface area contributed by atoms with Crippen LogP contribution in [0.4, 0.5) is 0 Å². The van der Waals surface area contributed by atoms with Gasteiger partial charge in [0.2, 0.25) is 0 Å². The molecule has 0 aromatic heterocycles. The molecule has 0 bridgehead atoms. The normalized spacial score (nSPS) is 19.2. The SMILES string of the molecule is COc1ccc2c(c1)C(CCC(C)C)NCC2. The van der Waals surface area contributed by atoms with Gasteiger partial charge in [0.05, 0.1) is 7.11 Å². The van der Waals surface area contributed by atoms with Crippen molar-refractivity contribution >= 4 is 0 Å². The third kappa shape index (κ3) is 3.01. The van der Waals surface area contributed by atoms with E-state index in [4.69, 9.17) is 4.74 Å². The third-order valence-corrected chi connectivity index (χ3v) is 3.55. The molecule has 1 atom stereocenters. The first-order valence-corrected chi connectivity index (χ1v) is 6.61. The summed E-state index contributed by atoms with van der Waals surface area (Å²) in [4.78, 5) is 0. The fourth-order valence-electron chi connectivity index (χ4n) is 2.50. The number of methoxy groups -OCH3 is 1. The maximum Gasteiger partial charge on any atom is 0.119 e. The molecular formula is C15H23NO. The molecule has 1 heterocycles. The Kier molecular flexibility index (Phi) is 4.06. The van der Waals surface area contributed by atoms with Crippen molar-refractivity contribution in [3.63, 3.8) is 0 Å². The number of ether oxygens (including phenoxy) is 1. The first-order valence-electron chi connectivity index (χ1n) is 6.61. The molecule has 0 aliphatic carbocycles. The Labute approximate surface area is 104 Å². The number of hydrogen-bond acceptors (Lipinski definition) is 2. The predicted octanol–water partition coefficient (Wildman–Crippen LogP) is 3.32. The maximum absolute atomic E-state index is 5.33. The fraction of sp³-hybridized carbons (Fsp3) is 0.600. The van der Waals surface area contributed by atoms with Crippen molar-refractivity contribution in [2.75, 3.05) is 13.7 Å². The minimum Gasteiger partial charge on any atom is -0.497 e. The Balaban J connectivity index is 2.16. The van der Waals surface area contributed by atoms with Gasteiger partial charge in [-0.15, -0.1) is 0 Å². The quantitative estimate of drug-likeness (QED) is 0.861. The Morgan fingerprint density at radius 1 is 1.41 bits per heavy atom. The molecule has 1 N–H and O–H groups in total. The highest BCUT2D eigenvalue weighted by atomic mass is 16.5. The largest absolute Gasteiger partial charge is 0.497 e. The van der Waals surface area contributed by atoms with Crippen LogP contribution in [0.25, 0.3) is 0 Å². The zero-order chi connectivity index (χ0) is 12.3. The van der Waals surface area contributed by atoms with E-state index < -0.39 is 0 Å². The summed E-state index contributed by atoms with van der Waals surface area (Å²) < 4.78 is 5.33. The fourth-order valence-corrected chi connectivity index (χ4v) is 2.50. The van der Waals surface area contributed by atoms with Gasteiger partial charge >= 0.3 is 0 Å². The maximum atomic E-state index is 5.33.